The number of Topliss-reactive ketones (excluding diaryl/α,β-unsaturated/α-hetero) is 1. The van der Waals surface area contributed by atoms with Gasteiger partial charge >= 0.3 is 0 Å². The lowest BCUT2D eigenvalue weighted by molar-refractivity contribution is -0.118. The molecule has 1 aliphatic heterocycles. The zero-order chi connectivity index (χ0) is 18.8. The van der Waals surface area contributed by atoms with Crippen LogP contribution in [0.15, 0.2) is 59.9 Å². The minimum Gasteiger partial charge on any atom is -0.503 e. The number of hydrogen-bond acceptors (Lipinski definition) is 4. The molecule has 0 aromatic heterocycles. The number of carbonyl (C=O) groups is 2. The molecule has 1 heterocycles. The number of hydrogen-bond donors (Lipinski definition) is 1. The van der Waals surface area contributed by atoms with E-state index in [1.165, 1.54) is 36.3 Å². The number of ketones is 1. The molecular weight excluding hydrogens is 337 g/mol. The van der Waals surface area contributed by atoms with Crippen molar-refractivity contribution in [1.82, 2.24) is 0 Å². The zero-order valence-electron chi connectivity index (χ0n) is 14.4. The van der Waals surface area contributed by atoms with Crippen LogP contribution in [0.5, 0.6) is 5.75 Å². The van der Waals surface area contributed by atoms with Gasteiger partial charge in [-0.05, 0) is 42.0 Å². The fourth-order valence-electron chi connectivity index (χ4n) is 3.05. The van der Waals surface area contributed by atoms with E-state index in [4.69, 9.17) is 4.74 Å². The van der Waals surface area contributed by atoms with Crippen molar-refractivity contribution < 1.29 is 23.8 Å². The number of aliphatic hydroxyl groups excluding tert-OH is 1. The van der Waals surface area contributed by atoms with Crippen molar-refractivity contribution in [3.63, 3.8) is 0 Å². The largest absolute Gasteiger partial charge is 0.503 e. The number of carbonyl (C=O) groups excluding carboxylic acids is 2. The molecule has 0 radical (unpaired) electrons. The van der Waals surface area contributed by atoms with Gasteiger partial charge in [-0.15, -0.1) is 0 Å². The monoisotopic (exact) mass is 355 g/mol. The van der Waals surface area contributed by atoms with Gasteiger partial charge in [-0.25, -0.2) is 4.39 Å². The highest BCUT2D eigenvalue weighted by atomic mass is 19.1. The lowest BCUT2D eigenvalue weighted by Crippen LogP contribution is -2.31. The molecule has 3 rings (SSSR count). The fourth-order valence-corrected chi connectivity index (χ4v) is 3.05. The van der Waals surface area contributed by atoms with Gasteiger partial charge in [-0.3, -0.25) is 14.5 Å². The summed E-state index contributed by atoms with van der Waals surface area (Å²) in [5.74, 6) is -1.38. The molecule has 2 aromatic rings. The molecule has 134 valence electrons. The van der Waals surface area contributed by atoms with E-state index in [1.54, 1.807) is 31.2 Å². The smallest absolute Gasteiger partial charge is 0.294 e. The minimum atomic E-state index is -0.816. The third-order valence-corrected chi connectivity index (χ3v) is 4.37. The Labute approximate surface area is 150 Å². The highest BCUT2D eigenvalue weighted by molar-refractivity contribution is 6.16. The van der Waals surface area contributed by atoms with Crippen LogP contribution in [-0.4, -0.2) is 23.9 Å². The summed E-state index contributed by atoms with van der Waals surface area (Å²) < 4.78 is 18.5. The van der Waals surface area contributed by atoms with E-state index in [0.29, 0.717) is 17.0 Å². The van der Waals surface area contributed by atoms with E-state index in [0.717, 1.165) is 0 Å². The molecule has 5 nitrogen and oxygen atoms in total. The summed E-state index contributed by atoms with van der Waals surface area (Å²) >= 11 is 0. The van der Waals surface area contributed by atoms with Gasteiger partial charge in [0.05, 0.1) is 18.7 Å². The maximum atomic E-state index is 13.3. The topological polar surface area (TPSA) is 66.8 Å². The Bertz CT molecular complexity index is 872. The highest BCUT2D eigenvalue weighted by Gasteiger charge is 2.43. The van der Waals surface area contributed by atoms with Crippen LogP contribution >= 0.6 is 0 Å². The van der Waals surface area contributed by atoms with Gasteiger partial charge in [0.1, 0.15) is 11.6 Å². The second-order valence-corrected chi connectivity index (χ2v) is 5.87. The van der Waals surface area contributed by atoms with Crippen LogP contribution in [0.4, 0.5) is 10.1 Å². The van der Waals surface area contributed by atoms with Crippen LogP contribution in [0.2, 0.25) is 0 Å². The number of anilines is 1. The number of methoxy groups -OCH3 is 1. The van der Waals surface area contributed by atoms with Crippen LogP contribution in [0, 0.1) is 5.82 Å². The zero-order valence-corrected chi connectivity index (χ0v) is 14.4. The number of benzene rings is 2. The predicted molar refractivity (Wildman–Crippen MR) is 94.6 cm³/mol. The Kier molecular flexibility index (Phi) is 4.75. The molecule has 1 amide bonds. The summed E-state index contributed by atoms with van der Waals surface area (Å²) in [5.41, 5.74) is 1.06. The van der Waals surface area contributed by atoms with Crippen molar-refractivity contribution >= 4 is 17.4 Å². The standard InChI is InChI=1S/C20H18FNO4/c1-3-16(23)17-18(12-4-6-13(21)7-5-12)22(20(25)19(17)24)14-8-10-15(26-2)11-9-14/h4-11,18,24H,3H2,1-2H3. The molecule has 0 bridgehead atoms. The molecular formula is C20H18FNO4. The van der Waals surface area contributed by atoms with Crippen molar-refractivity contribution in [3.05, 3.63) is 71.2 Å². The number of ether oxygens (including phenoxy) is 1. The van der Waals surface area contributed by atoms with Gasteiger partial charge in [0.15, 0.2) is 11.5 Å². The second kappa shape index (κ2) is 7.00. The molecule has 1 aliphatic rings. The Morgan fingerprint density at radius 3 is 2.31 bits per heavy atom. The van der Waals surface area contributed by atoms with Crippen molar-refractivity contribution in [1.29, 1.82) is 0 Å². The molecule has 1 N–H and O–H groups in total. The lowest BCUT2D eigenvalue weighted by Gasteiger charge is -2.27. The van der Waals surface area contributed by atoms with Gasteiger partial charge in [-0.1, -0.05) is 19.1 Å². The summed E-state index contributed by atoms with van der Waals surface area (Å²) in [4.78, 5) is 26.4. The van der Waals surface area contributed by atoms with E-state index >= 15 is 0 Å². The number of rotatable bonds is 5. The maximum Gasteiger partial charge on any atom is 0.294 e. The average molecular weight is 355 g/mol. The van der Waals surface area contributed by atoms with Gasteiger partial charge < -0.3 is 9.84 Å². The quantitative estimate of drug-likeness (QED) is 0.888. The van der Waals surface area contributed by atoms with Crippen LogP contribution in [0.3, 0.4) is 0 Å². The lowest BCUT2D eigenvalue weighted by atomic mass is 9.95. The van der Waals surface area contributed by atoms with Crippen LogP contribution in [0.1, 0.15) is 24.9 Å². The third-order valence-electron chi connectivity index (χ3n) is 4.37. The Hall–Kier alpha value is -3.15. The van der Waals surface area contributed by atoms with Gasteiger partial charge in [0.25, 0.3) is 5.91 Å². The van der Waals surface area contributed by atoms with Crippen molar-refractivity contribution in [2.45, 2.75) is 19.4 Å². The Morgan fingerprint density at radius 1 is 1.15 bits per heavy atom. The van der Waals surface area contributed by atoms with E-state index in [2.05, 4.69) is 0 Å². The van der Waals surface area contributed by atoms with Crippen molar-refractivity contribution in [2.75, 3.05) is 12.0 Å². The minimum absolute atomic E-state index is 0.0277. The summed E-state index contributed by atoms with van der Waals surface area (Å²) in [5, 5.41) is 10.3. The molecule has 2 aromatic carbocycles. The van der Waals surface area contributed by atoms with E-state index < -0.39 is 23.5 Å². The number of aliphatic hydroxyl groups is 1. The molecule has 26 heavy (non-hydrogen) atoms. The Morgan fingerprint density at radius 2 is 1.77 bits per heavy atom. The highest BCUT2D eigenvalue weighted by Crippen LogP contribution is 2.41. The fraction of sp³-hybridized carbons (Fsp3) is 0.200. The molecule has 0 fully saturated rings. The van der Waals surface area contributed by atoms with Crippen LogP contribution in [0.25, 0.3) is 0 Å². The van der Waals surface area contributed by atoms with Crippen molar-refractivity contribution in [2.24, 2.45) is 0 Å². The normalized spacial score (nSPS) is 17.0. The number of amides is 1. The van der Waals surface area contributed by atoms with E-state index in [1.807, 2.05) is 0 Å². The van der Waals surface area contributed by atoms with Gasteiger partial charge in [0.2, 0.25) is 0 Å². The molecule has 1 atom stereocenters. The molecule has 0 saturated heterocycles. The SMILES string of the molecule is CCC(=O)C1=C(O)C(=O)N(c2ccc(OC)cc2)C1c1ccc(F)cc1. The van der Waals surface area contributed by atoms with E-state index in [9.17, 15) is 19.1 Å². The van der Waals surface area contributed by atoms with Crippen LogP contribution in [-0.2, 0) is 9.59 Å². The molecule has 0 saturated carbocycles. The first-order chi connectivity index (χ1) is 12.5. The summed E-state index contributed by atoms with van der Waals surface area (Å²) in [6, 6.07) is 11.4. The molecule has 6 heteroatoms. The van der Waals surface area contributed by atoms with Crippen molar-refractivity contribution in [3.8, 4) is 5.75 Å². The first kappa shape index (κ1) is 17.7. The van der Waals surface area contributed by atoms with Crippen LogP contribution < -0.4 is 9.64 Å². The number of nitrogens with zero attached hydrogens (tertiary/aromatic N) is 1. The first-order valence-corrected chi connectivity index (χ1v) is 8.17. The molecule has 0 aliphatic carbocycles. The van der Waals surface area contributed by atoms with E-state index in [-0.39, 0.29) is 17.8 Å². The Balaban J connectivity index is 2.13. The molecule has 1 unspecified atom stereocenters. The summed E-state index contributed by atoms with van der Waals surface area (Å²) in [6.07, 6.45) is 0.140. The molecule has 0 spiro atoms. The number of halogens is 1. The average Bonchev–Trinajstić information content (AvgIpc) is 2.93. The summed E-state index contributed by atoms with van der Waals surface area (Å²) in [7, 11) is 1.53. The summed E-state index contributed by atoms with van der Waals surface area (Å²) in [6.45, 7) is 1.66. The first-order valence-electron chi connectivity index (χ1n) is 8.17. The second-order valence-electron chi connectivity index (χ2n) is 5.87. The van der Waals surface area contributed by atoms with Gasteiger partial charge in [0, 0.05) is 12.1 Å². The van der Waals surface area contributed by atoms with Gasteiger partial charge in [-0.2, -0.15) is 0 Å². The maximum absolute atomic E-state index is 13.3. The predicted octanol–water partition coefficient (Wildman–Crippen LogP) is 3.71. The third kappa shape index (κ3) is 2.94.